The van der Waals surface area contributed by atoms with Crippen LogP contribution in [-0.4, -0.2) is 40.2 Å². The van der Waals surface area contributed by atoms with Crippen molar-refractivity contribution in [2.75, 3.05) is 23.7 Å². The summed E-state index contributed by atoms with van der Waals surface area (Å²) in [6, 6.07) is 6.21. The third-order valence-corrected chi connectivity index (χ3v) is 5.05. The van der Waals surface area contributed by atoms with Crippen molar-refractivity contribution in [2.45, 2.75) is 43.7 Å². The van der Waals surface area contributed by atoms with Crippen LogP contribution in [0.4, 0.5) is 11.8 Å². The monoisotopic (exact) mass is 340 g/mol. The first kappa shape index (κ1) is 16.1. The number of piperidine rings is 1. The number of hydrogen-bond acceptors (Lipinski definition) is 7. The molecule has 4 rings (SSSR count). The summed E-state index contributed by atoms with van der Waals surface area (Å²) in [6.07, 6.45) is 7.58. The Bertz CT molecular complexity index is 711. The summed E-state index contributed by atoms with van der Waals surface area (Å²) in [4.78, 5) is 15.2. The minimum atomic E-state index is 0.212. The molecule has 2 fully saturated rings. The second-order valence-corrected chi connectivity index (χ2v) is 6.93. The molecule has 3 heterocycles. The summed E-state index contributed by atoms with van der Waals surface area (Å²) in [5.41, 5.74) is 12.9. The molecular weight excluding hydrogens is 316 g/mol. The highest BCUT2D eigenvalue weighted by Crippen LogP contribution is 2.36. The van der Waals surface area contributed by atoms with Crippen LogP contribution in [0.2, 0.25) is 0 Å². The third kappa shape index (κ3) is 3.66. The van der Waals surface area contributed by atoms with E-state index >= 15 is 0 Å². The lowest BCUT2D eigenvalue weighted by Crippen LogP contribution is -2.39. The van der Waals surface area contributed by atoms with Crippen LogP contribution in [0.3, 0.4) is 0 Å². The lowest BCUT2D eigenvalue weighted by molar-refractivity contribution is 0.170. The van der Waals surface area contributed by atoms with E-state index in [2.05, 4.69) is 25.9 Å². The van der Waals surface area contributed by atoms with Gasteiger partial charge in [-0.05, 0) is 25.0 Å². The minimum absolute atomic E-state index is 0.212. The van der Waals surface area contributed by atoms with E-state index in [4.69, 9.17) is 16.2 Å². The van der Waals surface area contributed by atoms with Gasteiger partial charge in [-0.25, -0.2) is 4.98 Å². The van der Waals surface area contributed by atoms with E-state index in [0.29, 0.717) is 17.9 Å². The summed E-state index contributed by atoms with van der Waals surface area (Å²) in [6.45, 7) is 1.79. The molecule has 0 amide bonds. The van der Waals surface area contributed by atoms with E-state index < -0.39 is 0 Å². The number of nitrogens with zero attached hydrogens (tertiary/aromatic N) is 4. The van der Waals surface area contributed by atoms with Crippen molar-refractivity contribution in [1.29, 1.82) is 0 Å². The maximum atomic E-state index is 6.00. The van der Waals surface area contributed by atoms with E-state index in [9.17, 15) is 0 Å². The molecule has 2 aromatic rings. The maximum absolute atomic E-state index is 6.00. The zero-order chi connectivity index (χ0) is 17.2. The fourth-order valence-electron chi connectivity index (χ4n) is 3.56. The number of aromatic nitrogens is 3. The summed E-state index contributed by atoms with van der Waals surface area (Å²) in [7, 11) is 0. The molecule has 4 N–H and O–H groups in total. The third-order valence-electron chi connectivity index (χ3n) is 5.05. The van der Waals surface area contributed by atoms with Gasteiger partial charge < -0.3 is 21.1 Å². The summed E-state index contributed by atoms with van der Waals surface area (Å²) >= 11 is 0. The molecule has 7 nitrogen and oxygen atoms in total. The van der Waals surface area contributed by atoms with Crippen molar-refractivity contribution in [3.63, 3.8) is 0 Å². The van der Waals surface area contributed by atoms with Gasteiger partial charge in [0.25, 0.3) is 0 Å². The SMILES string of the molecule is Nc1nc(C2CC(N)C2)cc(N2CCC(Oc3cccnc3)CC2)n1. The quantitative estimate of drug-likeness (QED) is 0.873. The van der Waals surface area contributed by atoms with Gasteiger partial charge in [0.2, 0.25) is 5.95 Å². The van der Waals surface area contributed by atoms with Gasteiger partial charge in [0, 0.05) is 50.2 Å². The molecule has 1 aliphatic heterocycles. The standard InChI is InChI=1S/C18H24N6O/c19-13-8-12(9-13)16-10-17(23-18(20)22-16)24-6-3-14(4-7-24)25-15-2-1-5-21-11-15/h1-2,5,10-14H,3-4,6-9,19H2,(H2,20,22,23). The number of nitrogens with two attached hydrogens (primary N) is 2. The normalized spacial score (nSPS) is 24.0. The fourth-order valence-corrected chi connectivity index (χ4v) is 3.56. The van der Waals surface area contributed by atoms with Gasteiger partial charge in [0.1, 0.15) is 17.7 Å². The van der Waals surface area contributed by atoms with Crippen molar-refractivity contribution in [3.8, 4) is 5.75 Å². The Labute approximate surface area is 147 Å². The number of hydrogen-bond donors (Lipinski definition) is 2. The van der Waals surface area contributed by atoms with Gasteiger partial charge in [-0.3, -0.25) is 4.98 Å². The summed E-state index contributed by atoms with van der Waals surface area (Å²) < 4.78 is 6.00. The van der Waals surface area contributed by atoms with Crippen LogP contribution in [0.15, 0.2) is 30.6 Å². The number of pyridine rings is 1. The zero-order valence-electron chi connectivity index (χ0n) is 14.2. The van der Waals surface area contributed by atoms with Gasteiger partial charge in [0.05, 0.1) is 11.9 Å². The second-order valence-electron chi connectivity index (χ2n) is 6.93. The van der Waals surface area contributed by atoms with Gasteiger partial charge in [0.15, 0.2) is 0 Å². The lowest BCUT2D eigenvalue weighted by Gasteiger charge is -2.35. The molecule has 0 radical (unpaired) electrons. The predicted octanol–water partition coefficient (Wildman–Crippen LogP) is 1.71. The summed E-state index contributed by atoms with van der Waals surface area (Å²) in [5.74, 6) is 2.52. The Morgan fingerprint density at radius 2 is 1.96 bits per heavy atom. The topological polar surface area (TPSA) is 103 Å². The van der Waals surface area contributed by atoms with Crippen LogP contribution >= 0.6 is 0 Å². The Balaban J connectivity index is 1.39. The van der Waals surface area contributed by atoms with Crippen molar-refractivity contribution >= 4 is 11.8 Å². The predicted molar refractivity (Wildman–Crippen MR) is 96.5 cm³/mol. The number of anilines is 2. The average Bonchev–Trinajstić information content (AvgIpc) is 2.60. The highest BCUT2D eigenvalue weighted by atomic mass is 16.5. The van der Waals surface area contributed by atoms with Gasteiger partial charge in [-0.1, -0.05) is 0 Å². The Morgan fingerprint density at radius 1 is 1.16 bits per heavy atom. The van der Waals surface area contributed by atoms with E-state index in [1.54, 1.807) is 12.4 Å². The van der Waals surface area contributed by atoms with E-state index in [1.807, 2.05) is 12.1 Å². The first-order valence-corrected chi connectivity index (χ1v) is 8.89. The smallest absolute Gasteiger partial charge is 0.222 e. The van der Waals surface area contributed by atoms with Crippen LogP contribution in [0, 0.1) is 0 Å². The van der Waals surface area contributed by atoms with Gasteiger partial charge in [-0.15, -0.1) is 0 Å². The van der Waals surface area contributed by atoms with Crippen molar-refractivity contribution in [2.24, 2.45) is 5.73 Å². The van der Waals surface area contributed by atoms with Crippen molar-refractivity contribution in [3.05, 3.63) is 36.3 Å². The molecule has 25 heavy (non-hydrogen) atoms. The molecule has 0 atom stereocenters. The average molecular weight is 340 g/mol. The number of nitrogen functional groups attached to an aromatic ring is 1. The molecule has 0 spiro atoms. The van der Waals surface area contributed by atoms with Crippen molar-refractivity contribution < 1.29 is 4.74 Å². The van der Waals surface area contributed by atoms with Crippen molar-refractivity contribution in [1.82, 2.24) is 15.0 Å². The lowest BCUT2D eigenvalue weighted by atomic mass is 9.78. The van der Waals surface area contributed by atoms with Gasteiger partial charge >= 0.3 is 0 Å². The number of rotatable bonds is 4. The molecule has 1 aliphatic carbocycles. The molecule has 1 saturated heterocycles. The Hall–Kier alpha value is -2.41. The Morgan fingerprint density at radius 3 is 2.64 bits per heavy atom. The van der Waals surface area contributed by atoms with Crippen LogP contribution < -0.4 is 21.1 Å². The molecular formula is C18H24N6O. The van der Waals surface area contributed by atoms with E-state index in [1.165, 1.54) is 0 Å². The van der Waals surface area contributed by atoms with Crippen LogP contribution in [-0.2, 0) is 0 Å². The van der Waals surface area contributed by atoms with E-state index in [0.717, 1.165) is 56.0 Å². The molecule has 132 valence electrons. The molecule has 0 unspecified atom stereocenters. The molecule has 0 aromatic carbocycles. The first-order chi connectivity index (χ1) is 12.2. The Kier molecular flexibility index (Phi) is 4.40. The zero-order valence-corrected chi connectivity index (χ0v) is 14.2. The minimum Gasteiger partial charge on any atom is -0.489 e. The van der Waals surface area contributed by atoms with Crippen LogP contribution in [0.25, 0.3) is 0 Å². The maximum Gasteiger partial charge on any atom is 0.222 e. The first-order valence-electron chi connectivity index (χ1n) is 8.89. The van der Waals surface area contributed by atoms with Gasteiger partial charge in [-0.2, -0.15) is 4.98 Å². The molecule has 2 aliphatic rings. The second kappa shape index (κ2) is 6.84. The highest BCUT2D eigenvalue weighted by molar-refractivity contribution is 5.45. The molecule has 7 heteroatoms. The molecule has 1 saturated carbocycles. The van der Waals surface area contributed by atoms with Crippen LogP contribution in [0.5, 0.6) is 5.75 Å². The number of ether oxygens (including phenoxy) is 1. The highest BCUT2D eigenvalue weighted by Gasteiger charge is 2.30. The van der Waals surface area contributed by atoms with E-state index in [-0.39, 0.29) is 6.10 Å². The molecule has 2 aromatic heterocycles. The summed E-state index contributed by atoms with van der Waals surface area (Å²) in [5, 5.41) is 0. The largest absolute Gasteiger partial charge is 0.489 e. The van der Waals surface area contributed by atoms with Crippen LogP contribution in [0.1, 0.15) is 37.3 Å². The molecule has 0 bridgehead atoms. The fraction of sp³-hybridized carbons (Fsp3) is 0.500.